The molecule has 0 radical (unpaired) electrons. The molecule has 9 heteroatoms. The van der Waals surface area contributed by atoms with Gasteiger partial charge in [0.25, 0.3) is 5.91 Å². The second kappa shape index (κ2) is 6.76. The highest BCUT2D eigenvalue weighted by atomic mass is 32.1. The van der Waals surface area contributed by atoms with E-state index in [-0.39, 0.29) is 17.6 Å². The summed E-state index contributed by atoms with van der Waals surface area (Å²) in [4.78, 5) is 26.6. The van der Waals surface area contributed by atoms with Crippen LogP contribution in [0.3, 0.4) is 0 Å². The van der Waals surface area contributed by atoms with Crippen LogP contribution in [0.1, 0.15) is 34.3 Å². The summed E-state index contributed by atoms with van der Waals surface area (Å²) in [6.45, 7) is 3.77. The molecule has 1 atom stereocenters. The maximum atomic E-state index is 12.7. The van der Waals surface area contributed by atoms with Crippen molar-refractivity contribution in [3.63, 3.8) is 0 Å². The van der Waals surface area contributed by atoms with Crippen LogP contribution >= 0.6 is 11.3 Å². The summed E-state index contributed by atoms with van der Waals surface area (Å²) >= 11 is 1.54. The molecule has 0 aliphatic carbocycles. The van der Waals surface area contributed by atoms with Gasteiger partial charge in [-0.1, -0.05) is 41.7 Å². The smallest absolute Gasteiger partial charge is 0.274 e. The first kappa shape index (κ1) is 17.1. The van der Waals surface area contributed by atoms with Gasteiger partial charge in [-0.05, 0) is 13.8 Å². The van der Waals surface area contributed by atoms with Gasteiger partial charge in [0, 0.05) is 5.56 Å². The molecule has 1 amide bonds. The number of carbonyl (C=O) groups excluding carboxylic acids is 1. The molecule has 8 nitrogen and oxygen atoms in total. The van der Waals surface area contributed by atoms with Crippen molar-refractivity contribution in [1.29, 1.82) is 0 Å². The van der Waals surface area contributed by atoms with Gasteiger partial charge in [-0.15, -0.1) is 0 Å². The molecule has 4 aromatic rings. The minimum absolute atomic E-state index is 0.0807. The van der Waals surface area contributed by atoms with Crippen molar-refractivity contribution in [2.45, 2.75) is 19.9 Å². The monoisotopic (exact) mass is 379 g/mol. The number of aryl methyl sites for hydroxylation is 1. The molecule has 0 fully saturated rings. The third-order valence-corrected chi connectivity index (χ3v) is 4.91. The average Bonchev–Trinajstić information content (AvgIpc) is 3.21. The molecule has 4 rings (SSSR count). The van der Waals surface area contributed by atoms with Gasteiger partial charge in [0.05, 0.1) is 24.1 Å². The van der Waals surface area contributed by atoms with E-state index in [0.29, 0.717) is 11.5 Å². The summed E-state index contributed by atoms with van der Waals surface area (Å²) in [5.74, 6) is 0.319. The van der Waals surface area contributed by atoms with Gasteiger partial charge in [-0.3, -0.25) is 4.79 Å². The number of anilines is 1. The number of imidazole rings is 1. The SMILES string of the molecule is Cc1nn2c([C@@H](C)NC(=O)c3nc(-c4ccccc4)cnc3N)ncc2s1. The Kier molecular flexibility index (Phi) is 4.28. The zero-order chi connectivity index (χ0) is 19.0. The number of nitrogens with two attached hydrogens (primary N) is 1. The van der Waals surface area contributed by atoms with Crippen molar-refractivity contribution in [2.75, 3.05) is 5.73 Å². The summed E-state index contributed by atoms with van der Waals surface area (Å²) < 4.78 is 1.74. The van der Waals surface area contributed by atoms with E-state index in [9.17, 15) is 4.79 Å². The maximum Gasteiger partial charge on any atom is 0.274 e. The molecule has 1 aromatic carbocycles. The van der Waals surface area contributed by atoms with Crippen molar-refractivity contribution in [1.82, 2.24) is 29.9 Å². The Labute approximate surface area is 159 Å². The van der Waals surface area contributed by atoms with Gasteiger partial charge in [-0.25, -0.2) is 19.5 Å². The minimum Gasteiger partial charge on any atom is -0.382 e. The van der Waals surface area contributed by atoms with Crippen LogP contribution in [0.5, 0.6) is 0 Å². The van der Waals surface area contributed by atoms with Crippen LogP contribution in [-0.4, -0.2) is 30.5 Å². The molecule has 3 aromatic heterocycles. The average molecular weight is 379 g/mol. The predicted molar refractivity (Wildman–Crippen MR) is 103 cm³/mol. The zero-order valence-electron chi connectivity index (χ0n) is 14.7. The fraction of sp³-hybridized carbons (Fsp3) is 0.167. The Morgan fingerprint density at radius 1 is 1.22 bits per heavy atom. The molecule has 0 unspecified atom stereocenters. The summed E-state index contributed by atoms with van der Waals surface area (Å²) in [7, 11) is 0. The lowest BCUT2D eigenvalue weighted by atomic mass is 10.1. The minimum atomic E-state index is -0.408. The van der Waals surface area contributed by atoms with Crippen molar-refractivity contribution < 1.29 is 4.79 Å². The summed E-state index contributed by atoms with van der Waals surface area (Å²) in [5, 5.41) is 8.22. The standard InChI is InChI=1S/C18H17N7OS/c1-10(17-21-9-14-25(17)24-11(2)27-14)22-18(26)15-16(19)20-8-13(23-15)12-6-4-3-5-7-12/h3-10H,1-2H3,(H2,19,20)(H,22,26)/t10-/m1/s1. The Morgan fingerprint density at radius 2 is 2.00 bits per heavy atom. The quantitative estimate of drug-likeness (QED) is 0.564. The Hall–Kier alpha value is -3.33. The Bertz CT molecular complexity index is 1120. The number of carbonyl (C=O) groups is 1. The third-order valence-electron chi connectivity index (χ3n) is 4.05. The zero-order valence-corrected chi connectivity index (χ0v) is 15.6. The summed E-state index contributed by atoms with van der Waals surface area (Å²) in [6.07, 6.45) is 3.30. The lowest BCUT2D eigenvalue weighted by molar-refractivity contribution is 0.0933. The van der Waals surface area contributed by atoms with Crippen molar-refractivity contribution in [3.8, 4) is 11.3 Å². The van der Waals surface area contributed by atoms with E-state index >= 15 is 0 Å². The van der Waals surface area contributed by atoms with E-state index in [2.05, 4.69) is 25.4 Å². The summed E-state index contributed by atoms with van der Waals surface area (Å²) in [6, 6.07) is 9.13. The van der Waals surface area contributed by atoms with Gasteiger partial charge in [0.15, 0.2) is 17.3 Å². The molecule has 0 saturated heterocycles. The first-order valence-electron chi connectivity index (χ1n) is 8.33. The number of amides is 1. The van der Waals surface area contributed by atoms with E-state index in [1.807, 2.05) is 44.2 Å². The number of aromatic nitrogens is 5. The number of nitrogen functional groups attached to an aromatic ring is 1. The van der Waals surface area contributed by atoms with Crippen LogP contribution in [0.25, 0.3) is 16.1 Å². The number of nitrogens with zero attached hydrogens (tertiary/aromatic N) is 5. The van der Waals surface area contributed by atoms with Crippen LogP contribution in [0.2, 0.25) is 0 Å². The van der Waals surface area contributed by atoms with Gasteiger partial charge in [-0.2, -0.15) is 5.10 Å². The maximum absolute atomic E-state index is 12.7. The van der Waals surface area contributed by atoms with E-state index in [0.717, 1.165) is 15.4 Å². The van der Waals surface area contributed by atoms with Crippen LogP contribution in [0, 0.1) is 6.92 Å². The molecular weight excluding hydrogens is 362 g/mol. The van der Waals surface area contributed by atoms with E-state index < -0.39 is 5.91 Å². The lowest BCUT2D eigenvalue weighted by Gasteiger charge is -2.13. The van der Waals surface area contributed by atoms with Crippen LogP contribution in [-0.2, 0) is 0 Å². The second-order valence-corrected chi connectivity index (χ2v) is 7.25. The van der Waals surface area contributed by atoms with E-state index in [4.69, 9.17) is 5.73 Å². The number of hydrogen-bond acceptors (Lipinski definition) is 7. The van der Waals surface area contributed by atoms with E-state index in [1.165, 1.54) is 0 Å². The van der Waals surface area contributed by atoms with Crippen molar-refractivity contribution in [3.05, 3.63) is 59.3 Å². The largest absolute Gasteiger partial charge is 0.382 e. The van der Waals surface area contributed by atoms with Crippen LogP contribution in [0.4, 0.5) is 5.82 Å². The molecule has 0 aliphatic rings. The van der Waals surface area contributed by atoms with Crippen LogP contribution in [0.15, 0.2) is 42.7 Å². The molecule has 3 heterocycles. The number of rotatable bonds is 4. The van der Waals surface area contributed by atoms with Crippen molar-refractivity contribution >= 4 is 27.9 Å². The first-order valence-corrected chi connectivity index (χ1v) is 9.14. The normalized spacial score (nSPS) is 12.2. The van der Waals surface area contributed by atoms with Crippen LogP contribution < -0.4 is 11.1 Å². The van der Waals surface area contributed by atoms with Gasteiger partial charge in [0.2, 0.25) is 0 Å². The van der Waals surface area contributed by atoms with E-state index in [1.54, 1.807) is 28.2 Å². The molecule has 136 valence electrons. The van der Waals surface area contributed by atoms with Gasteiger partial charge >= 0.3 is 0 Å². The highest BCUT2D eigenvalue weighted by molar-refractivity contribution is 7.17. The lowest BCUT2D eigenvalue weighted by Crippen LogP contribution is -2.30. The fourth-order valence-corrected chi connectivity index (χ4v) is 3.52. The molecule has 27 heavy (non-hydrogen) atoms. The molecule has 0 saturated carbocycles. The van der Waals surface area contributed by atoms with Gasteiger partial charge in [0.1, 0.15) is 9.84 Å². The number of nitrogens with one attached hydrogen (secondary N) is 1. The third kappa shape index (κ3) is 3.24. The predicted octanol–water partition coefficient (Wildman–Crippen LogP) is 2.63. The summed E-state index contributed by atoms with van der Waals surface area (Å²) in [5.41, 5.74) is 7.42. The first-order chi connectivity index (χ1) is 13.0. The highest BCUT2D eigenvalue weighted by Crippen LogP contribution is 2.21. The molecule has 0 bridgehead atoms. The Morgan fingerprint density at radius 3 is 2.78 bits per heavy atom. The molecular formula is C18H17N7OS. The fourth-order valence-electron chi connectivity index (χ4n) is 2.76. The number of hydrogen-bond donors (Lipinski definition) is 2. The molecule has 0 aliphatic heterocycles. The number of benzene rings is 1. The number of fused-ring (bicyclic) bond motifs is 1. The highest BCUT2D eigenvalue weighted by Gasteiger charge is 2.21. The van der Waals surface area contributed by atoms with Crippen molar-refractivity contribution in [2.24, 2.45) is 0 Å². The Balaban J connectivity index is 1.61. The second-order valence-electron chi connectivity index (χ2n) is 6.04. The van der Waals surface area contributed by atoms with Gasteiger partial charge < -0.3 is 11.1 Å². The molecule has 3 N–H and O–H groups in total. The molecule has 0 spiro atoms. The topological polar surface area (TPSA) is 111 Å².